The van der Waals surface area contributed by atoms with Gasteiger partial charge in [0.25, 0.3) is 0 Å². The fourth-order valence-electron chi connectivity index (χ4n) is 7.95. The molecule has 0 saturated carbocycles. The smallest absolute Gasteiger partial charge is 0.136 e. The number of benzene rings is 8. The Balaban J connectivity index is 0.000000280. The lowest BCUT2D eigenvalue weighted by Gasteiger charge is -2.11. The molecule has 69 heavy (non-hydrogen) atoms. The molecule has 0 radical (unpaired) electrons. The van der Waals surface area contributed by atoms with Crippen molar-refractivity contribution in [2.24, 2.45) is 5.73 Å². The lowest BCUT2D eigenvalue weighted by atomic mass is 9.94. The number of nitrogens with two attached hydrogens (primary N) is 1. The van der Waals surface area contributed by atoms with Gasteiger partial charge in [0.05, 0.1) is 0 Å². The minimum Gasteiger partial charge on any atom is -0.456 e. The van der Waals surface area contributed by atoms with Gasteiger partial charge in [-0.3, -0.25) is 0 Å². The molecule has 4 nitrogen and oxygen atoms in total. The molecule has 0 spiro atoms. The van der Waals surface area contributed by atoms with Gasteiger partial charge in [0, 0.05) is 40.9 Å². The summed E-state index contributed by atoms with van der Waals surface area (Å²) in [5.41, 5.74) is 20.3. The molecule has 0 atom stereocenters. The van der Waals surface area contributed by atoms with E-state index >= 15 is 0 Å². The molecule has 1 heterocycles. The first-order valence-electron chi connectivity index (χ1n) is 23.0. The molecule has 9 aromatic rings. The number of furan rings is 1. The van der Waals surface area contributed by atoms with E-state index in [1.807, 2.05) is 122 Å². The molecule has 0 aliphatic carbocycles. The molecular weight excluding hydrogens is 839 g/mol. The summed E-state index contributed by atoms with van der Waals surface area (Å²) >= 11 is 0. The van der Waals surface area contributed by atoms with Crippen molar-refractivity contribution in [3.8, 4) is 22.3 Å². The fraction of sp³-hybridized carbons (Fsp3) is 0.0154. The van der Waals surface area contributed by atoms with Crippen LogP contribution in [-0.4, -0.2) is 6.54 Å². The summed E-state index contributed by atoms with van der Waals surface area (Å²) < 4.78 is 5.89. The standard InChI is InChI=1S/C48H40N2.C17H15NO/c1-37(17-12-13-31-49-47-26-8-4-9-27-47)40-20-14-21-41(34-40)42-22-15-23-43(35-42)44-24-16-25-45(36-44)46(30-32-50-48-28-10-5-11-29-48)33-38(2)39-18-6-3-7-19-39;1-2-5-16-14(8-9-18)15-10-12-6-3-4-7-13(12)11-17(15)19-16/h3-36,49-50H,1-2H2;2-8,10-11H,1,9,18H2/b17-12-,31-13-,32-30-,46-33+;14-8-,16-5+. The number of anilines is 2. The van der Waals surface area contributed by atoms with E-state index < -0.39 is 0 Å². The highest BCUT2D eigenvalue weighted by molar-refractivity contribution is 5.96. The number of para-hydroxylation sites is 2. The Morgan fingerprint density at radius 3 is 1.68 bits per heavy atom. The van der Waals surface area contributed by atoms with E-state index in [4.69, 9.17) is 10.2 Å². The van der Waals surface area contributed by atoms with Crippen molar-refractivity contribution in [3.05, 3.63) is 296 Å². The van der Waals surface area contributed by atoms with Crippen molar-refractivity contribution in [1.82, 2.24) is 0 Å². The molecule has 0 unspecified atom stereocenters. The van der Waals surface area contributed by atoms with Crippen molar-refractivity contribution >= 4 is 62.0 Å². The summed E-state index contributed by atoms with van der Waals surface area (Å²) in [4.78, 5) is 0. The van der Waals surface area contributed by atoms with E-state index in [-0.39, 0.29) is 0 Å². The molecule has 8 aromatic carbocycles. The van der Waals surface area contributed by atoms with E-state index in [1.54, 1.807) is 6.08 Å². The lowest BCUT2D eigenvalue weighted by molar-refractivity contribution is 0.576. The van der Waals surface area contributed by atoms with Crippen molar-refractivity contribution in [2.75, 3.05) is 17.2 Å². The maximum Gasteiger partial charge on any atom is 0.136 e. The molecule has 0 aliphatic rings. The summed E-state index contributed by atoms with van der Waals surface area (Å²) in [5.74, 6) is 0. The van der Waals surface area contributed by atoms with Gasteiger partial charge in [-0.1, -0.05) is 190 Å². The van der Waals surface area contributed by atoms with Crippen LogP contribution in [0.5, 0.6) is 0 Å². The molecule has 336 valence electrons. The number of hydrogen-bond donors (Lipinski definition) is 3. The van der Waals surface area contributed by atoms with Gasteiger partial charge in [-0.2, -0.15) is 0 Å². The van der Waals surface area contributed by atoms with Gasteiger partial charge >= 0.3 is 0 Å². The third kappa shape index (κ3) is 12.5. The molecule has 1 aromatic heterocycles. The molecule has 4 heteroatoms. The summed E-state index contributed by atoms with van der Waals surface area (Å²) in [6.45, 7) is 12.9. The highest BCUT2D eigenvalue weighted by Crippen LogP contribution is 2.31. The van der Waals surface area contributed by atoms with E-state index in [0.717, 1.165) is 88.6 Å². The number of nitrogens with one attached hydrogen (secondary N) is 2. The molecule has 0 amide bonds. The second kappa shape index (κ2) is 23.5. The van der Waals surface area contributed by atoms with Crippen LogP contribution in [0.15, 0.2) is 273 Å². The maximum atomic E-state index is 5.89. The average molecular weight is 894 g/mol. The topological polar surface area (TPSA) is 63.2 Å². The average Bonchev–Trinajstić information content (AvgIpc) is 3.73. The van der Waals surface area contributed by atoms with Gasteiger partial charge < -0.3 is 20.8 Å². The molecule has 0 saturated heterocycles. The Hall–Kier alpha value is -8.96. The minimum atomic E-state index is 0.486. The van der Waals surface area contributed by atoms with Crippen molar-refractivity contribution < 1.29 is 4.42 Å². The minimum absolute atomic E-state index is 0.486. The third-order valence-corrected chi connectivity index (χ3v) is 11.5. The highest BCUT2D eigenvalue weighted by atomic mass is 16.3. The largest absolute Gasteiger partial charge is 0.456 e. The molecule has 9 rings (SSSR count). The van der Waals surface area contributed by atoms with Crippen LogP contribution in [0.2, 0.25) is 0 Å². The first-order chi connectivity index (χ1) is 33.9. The van der Waals surface area contributed by atoms with Gasteiger partial charge in [0.1, 0.15) is 11.0 Å². The molecule has 0 aliphatic heterocycles. The van der Waals surface area contributed by atoms with Crippen LogP contribution in [0.25, 0.3) is 72.9 Å². The van der Waals surface area contributed by atoms with Gasteiger partial charge in [-0.15, -0.1) is 0 Å². The number of rotatable bonds is 15. The van der Waals surface area contributed by atoms with Crippen LogP contribution in [0, 0.1) is 0 Å². The van der Waals surface area contributed by atoms with Gasteiger partial charge in [-0.25, -0.2) is 0 Å². The Kier molecular flexibility index (Phi) is 15.8. The zero-order valence-corrected chi connectivity index (χ0v) is 38.6. The SMILES string of the molecule is C=C(/C=C\C=C/Nc1ccccc1)c1cccc(-c2cccc(-c3cccc(C(/C=C\Nc4ccccc4)=C/C(=C)c4ccccc4)c3)c2)c1.C=C/C=c1/oc2cc3ccccc3cc2/c1=C/CN. The van der Waals surface area contributed by atoms with Crippen LogP contribution in [-0.2, 0) is 0 Å². The quantitative estimate of drug-likeness (QED) is 0.0897. The third-order valence-electron chi connectivity index (χ3n) is 11.5. The number of fused-ring (bicyclic) bond motifs is 2. The second-order valence-electron chi connectivity index (χ2n) is 16.2. The zero-order chi connectivity index (χ0) is 47.6. The summed E-state index contributed by atoms with van der Waals surface area (Å²) in [6.07, 6.45) is 19.8. The van der Waals surface area contributed by atoms with E-state index in [0.29, 0.717) is 6.54 Å². The summed E-state index contributed by atoms with van der Waals surface area (Å²) in [7, 11) is 0. The van der Waals surface area contributed by atoms with E-state index in [9.17, 15) is 0 Å². The highest BCUT2D eigenvalue weighted by Gasteiger charge is 2.08. The van der Waals surface area contributed by atoms with E-state index in [2.05, 4.69) is 164 Å². The first-order valence-corrected chi connectivity index (χ1v) is 23.0. The Labute approximate surface area is 405 Å². The van der Waals surface area contributed by atoms with E-state index in [1.165, 1.54) is 10.8 Å². The summed E-state index contributed by atoms with van der Waals surface area (Å²) in [5, 5.41) is 11.2. The predicted molar refractivity (Wildman–Crippen MR) is 299 cm³/mol. The Morgan fingerprint density at radius 1 is 0.507 bits per heavy atom. The van der Waals surface area contributed by atoms with Crippen LogP contribution in [0.1, 0.15) is 16.7 Å². The van der Waals surface area contributed by atoms with Gasteiger partial charge in [0.15, 0.2) is 0 Å². The Morgan fingerprint density at radius 2 is 1.04 bits per heavy atom. The van der Waals surface area contributed by atoms with Crippen molar-refractivity contribution in [3.63, 3.8) is 0 Å². The monoisotopic (exact) mass is 893 g/mol. The summed E-state index contributed by atoms with van der Waals surface area (Å²) in [6, 6.07) is 69.0. The molecule has 0 fully saturated rings. The molecule has 4 N–H and O–H groups in total. The van der Waals surface area contributed by atoms with Crippen LogP contribution < -0.4 is 27.0 Å². The van der Waals surface area contributed by atoms with Crippen molar-refractivity contribution in [2.45, 2.75) is 0 Å². The Bertz CT molecular complexity index is 3460. The van der Waals surface area contributed by atoms with Crippen LogP contribution in [0.4, 0.5) is 11.4 Å². The van der Waals surface area contributed by atoms with Gasteiger partial charge in [0.2, 0.25) is 0 Å². The van der Waals surface area contributed by atoms with Crippen LogP contribution in [0.3, 0.4) is 0 Å². The molecular formula is C65H55N3O. The fourth-order valence-corrected chi connectivity index (χ4v) is 7.95. The maximum absolute atomic E-state index is 5.89. The normalized spacial score (nSPS) is 12.2. The predicted octanol–water partition coefficient (Wildman–Crippen LogP) is 15.2. The van der Waals surface area contributed by atoms with Crippen LogP contribution >= 0.6 is 0 Å². The first kappa shape index (κ1) is 46.6. The lowest BCUT2D eigenvalue weighted by Crippen LogP contribution is -2.21. The molecule has 0 bridgehead atoms. The van der Waals surface area contributed by atoms with Gasteiger partial charge in [-0.05, 0) is 145 Å². The zero-order valence-electron chi connectivity index (χ0n) is 38.6. The van der Waals surface area contributed by atoms with Crippen molar-refractivity contribution in [1.29, 1.82) is 0 Å². The number of hydrogen-bond acceptors (Lipinski definition) is 4. The second-order valence-corrected chi connectivity index (χ2v) is 16.2. The number of allylic oxidation sites excluding steroid dienone is 9.